The van der Waals surface area contributed by atoms with Gasteiger partial charge < -0.3 is 10.1 Å². The average Bonchev–Trinajstić information content (AvgIpc) is 3.30. The van der Waals surface area contributed by atoms with Crippen LogP contribution in [0, 0.1) is 0 Å². The molecular weight excluding hydrogens is 456 g/mol. The van der Waals surface area contributed by atoms with E-state index in [0.29, 0.717) is 25.3 Å². The first kappa shape index (κ1) is 23.7. The fraction of sp³-hybridized carbons (Fsp3) is 0.292. The molecule has 0 aliphatic carbocycles. The van der Waals surface area contributed by atoms with Crippen molar-refractivity contribution in [2.24, 2.45) is 0 Å². The molecule has 1 aliphatic rings. The predicted octanol–water partition coefficient (Wildman–Crippen LogP) is 3.01. The zero-order valence-electron chi connectivity index (χ0n) is 19.0. The van der Waals surface area contributed by atoms with Crippen LogP contribution in [-0.4, -0.2) is 47.5 Å². The lowest BCUT2D eigenvalue weighted by atomic mass is 10.0. The van der Waals surface area contributed by atoms with Gasteiger partial charge in [-0.3, -0.25) is 4.79 Å². The van der Waals surface area contributed by atoms with Crippen LogP contribution in [0.2, 0.25) is 0 Å². The number of hydrogen-bond acceptors (Lipinski definition) is 6. The molecule has 2 heterocycles. The van der Waals surface area contributed by atoms with Crippen LogP contribution in [0.15, 0.2) is 65.7 Å². The molecule has 34 heavy (non-hydrogen) atoms. The highest BCUT2D eigenvalue weighted by molar-refractivity contribution is 7.89. The maximum Gasteiger partial charge on any atom is 0.338 e. The van der Waals surface area contributed by atoms with Crippen LogP contribution in [0.25, 0.3) is 0 Å². The third kappa shape index (κ3) is 5.02. The van der Waals surface area contributed by atoms with Gasteiger partial charge in [-0.15, -0.1) is 0 Å². The number of sulfonamides is 1. The number of carbonyl (C=O) groups is 2. The quantitative estimate of drug-likeness (QED) is 0.519. The highest BCUT2D eigenvalue weighted by atomic mass is 32.2. The summed E-state index contributed by atoms with van der Waals surface area (Å²) in [5.41, 5.74) is 2.31. The van der Waals surface area contributed by atoms with Gasteiger partial charge in [0.2, 0.25) is 10.0 Å². The first-order chi connectivity index (χ1) is 16.3. The molecule has 3 aromatic rings. The first-order valence-corrected chi connectivity index (χ1v) is 12.4. The number of nitrogens with one attached hydrogen (secondary N) is 1. The highest BCUT2D eigenvalue weighted by Crippen LogP contribution is 2.25. The molecule has 0 saturated carbocycles. The number of rotatable bonds is 7. The van der Waals surface area contributed by atoms with Gasteiger partial charge in [-0.05, 0) is 55.7 Å². The summed E-state index contributed by atoms with van der Waals surface area (Å²) < 4.78 is 34.3. The van der Waals surface area contributed by atoms with Crippen LogP contribution in [0.5, 0.6) is 0 Å². The summed E-state index contributed by atoms with van der Waals surface area (Å²) in [4.78, 5) is 24.6. The number of ether oxygens (including phenoxy) is 1. The molecule has 2 aromatic carbocycles. The van der Waals surface area contributed by atoms with E-state index in [9.17, 15) is 18.0 Å². The van der Waals surface area contributed by atoms with Gasteiger partial charge in [-0.1, -0.05) is 24.3 Å². The summed E-state index contributed by atoms with van der Waals surface area (Å²) in [6.45, 7) is 4.09. The van der Waals surface area contributed by atoms with Crippen molar-refractivity contribution >= 4 is 27.7 Å². The number of aromatic nitrogens is 2. The van der Waals surface area contributed by atoms with E-state index in [2.05, 4.69) is 10.4 Å². The molecule has 10 heteroatoms. The van der Waals surface area contributed by atoms with E-state index < -0.39 is 28.5 Å². The molecule has 0 bridgehead atoms. The third-order valence-electron chi connectivity index (χ3n) is 5.58. The molecule has 1 aromatic heterocycles. The van der Waals surface area contributed by atoms with Crippen molar-refractivity contribution in [1.82, 2.24) is 14.1 Å². The average molecular weight is 483 g/mol. The fourth-order valence-electron chi connectivity index (χ4n) is 3.81. The predicted molar refractivity (Wildman–Crippen MR) is 126 cm³/mol. The number of hydrogen-bond donors (Lipinski definition) is 1. The Morgan fingerprint density at radius 2 is 1.76 bits per heavy atom. The van der Waals surface area contributed by atoms with E-state index in [0.717, 1.165) is 11.1 Å². The molecule has 1 N–H and O–H groups in total. The van der Waals surface area contributed by atoms with E-state index in [4.69, 9.17) is 4.74 Å². The van der Waals surface area contributed by atoms with Crippen molar-refractivity contribution in [3.63, 3.8) is 0 Å². The lowest BCUT2D eigenvalue weighted by Crippen LogP contribution is -2.35. The molecule has 0 radical (unpaired) electrons. The Kier molecular flexibility index (Phi) is 6.80. The monoisotopic (exact) mass is 482 g/mol. The second-order valence-corrected chi connectivity index (χ2v) is 10.2. The van der Waals surface area contributed by atoms with E-state index in [1.165, 1.54) is 28.6 Å². The Morgan fingerprint density at radius 1 is 1.06 bits per heavy atom. The van der Waals surface area contributed by atoms with Crippen molar-refractivity contribution in [2.75, 3.05) is 18.5 Å². The topological polar surface area (TPSA) is 111 Å². The van der Waals surface area contributed by atoms with Gasteiger partial charge in [0.05, 0.1) is 16.7 Å². The van der Waals surface area contributed by atoms with Gasteiger partial charge in [0.25, 0.3) is 5.91 Å². The Balaban J connectivity index is 1.36. The number of fused-ring (bicyclic) bond motifs is 1. The summed E-state index contributed by atoms with van der Waals surface area (Å²) in [6, 6.07) is 15.0. The second kappa shape index (κ2) is 9.78. The van der Waals surface area contributed by atoms with Crippen molar-refractivity contribution in [3.8, 4) is 0 Å². The number of benzene rings is 2. The zero-order valence-corrected chi connectivity index (χ0v) is 19.8. The van der Waals surface area contributed by atoms with Crippen LogP contribution in [0.3, 0.4) is 0 Å². The molecule has 1 amide bonds. The maximum atomic E-state index is 13.1. The van der Waals surface area contributed by atoms with Gasteiger partial charge in [-0.25, -0.2) is 17.9 Å². The zero-order chi connectivity index (χ0) is 24.3. The van der Waals surface area contributed by atoms with Crippen molar-refractivity contribution in [3.05, 3.63) is 77.5 Å². The van der Waals surface area contributed by atoms with E-state index in [-0.39, 0.29) is 16.5 Å². The molecule has 0 atom stereocenters. The smallest absolute Gasteiger partial charge is 0.338 e. The molecular formula is C24H26N4O5S. The van der Waals surface area contributed by atoms with Crippen LogP contribution in [0.1, 0.15) is 41.4 Å². The molecule has 9 nitrogen and oxygen atoms in total. The fourth-order valence-corrected chi connectivity index (χ4v) is 5.22. The highest BCUT2D eigenvalue weighted by Gasteiger charge is 2.28. The van der Waals surface area contributed by atoms with Crippen LogP contribution < -0.4 is 5.32 Å². The lowest BCUT2D eigenvalue weighted by molar-refractivity contribution is -0.119. The lowest BCUT2D eigenvalue weighted by Gasteiger charge is -2.28. The number of carbonyl (C=O) groups excluding carboxylic acids is 2. The third-order valence-corrected chi connectivity index (χ3v) is 7.44. The molecule has 178 valence electrons. The summed E-state index contributed by atoms with van der Waals surface area (Å²) in [6.07, 6.45) is 2.22. The number of nitrogens with zero attached hydrogens (tertiary/aromatic N) is 3. The Labute approximate surface area is 198 Å². The summed E-state index contributed by atoms with van der Waals surface area (Å²) in [5.74, 6) is -0.713. The summed E-state index contributed by atoms with van der Waals surface area (Å²) in [5, 5.41) is 6.78. The molecule has 4 rings (SSSR count). The first-order valence-electron chi connectivity index (χ1n) is 10.9. The van der Waals surface area contributed by atoms with Crippen molar-refractivity contribution in [1.29, 1.82) is 0 Å². The minimum Gasteiger partial charge on any atom is -0.452 e. The van der Waals surface area contributed by atoms with Crippen LogP contribution >= 0.6 is 0 Å². The largest absolute Gasteiger partial charge is 0.452 e. The van der Waals surface area contributed by atoms with Crippen molar-refractivity contribution in [2.45, 2.75) is 37.8 Å². The van der Waals surface area contributed by atoms with Crippen LogP contribution in [0.4, 0.5) is 5.82 Å². The normalized spacial score (nSPS) is 14.0. The van der Waals surface area contributed by atoms with E-state index in [1.807, 2.05) is 38.1 Å². The molecule has 1 aliphatic heterocycles. The molecule has 0 unspecified atom stereocenters. The van der Waals surface area contributed by atoms with E-state index in [1.54, 1.807) is 16.9 Å². The molecule has 0 fully saturated rings. The van der Waals surface area contributed by atoms with Gasteiger partial charge in [0, 0.05) is 25.2 Å². The van der Waals surface area contributed by atoms with Gasteiger partial charge in [0.15, 0.2) is 6.61 Å². The SMILES string of the molecule is CC(C)n1nccc1NC(=O)COC(=O)c1ccc(S(=O)(=O)N2CCc3ccccc3C2)cc1. The van der Waals surface area contributed by atoms with Gasteiger partial charge in [-0.2, -0.15) is 9.40 Å². The van der Waals surface area contributed by atoms with Crippen LogP contribution in [-0.2, 0) is 32.5 Å². The maximum absolute atomic E-state index is 13.1. The molecule has 0 saturated heterocycles. The van der Waals surface area contributed by atoms with Gasteiger partial charge in [0.1, 0.15) is 5.82 Å². The standard InChI is InChI=1S/C24H26N4O5S/c1-17(2)28-22(11-13-25-28)26-23(29)16-33-24(30)19-7-9-21(10-8-19)34(31,32)27-14-12-18-5-3-4-6-20(18)15-27/h3-11,13,17H,12,14-16H2,1-2H3,(H,26,29). The van der Waals surface area contributed by atoms with Crippen molar-refractivity contribution < 1.29 is 22.7 Å². The number of anilines is 1. The minimum atomic E-state index is -3.70. The van der Waals surface area contributed by atoms with E-state index >= 15 is 0 Å². The summed E-state index contributed by atoms with van der Waals surface area (Å²) >= 11 is 0. The molecule has 0 spiro atoms. The number of esters is 1. The second-order valence-electron chi connectivity index (χ2n) is 8.26. The van der Waals surface area contributed by atoms with Gasteiger partial charge >= 0.3 is 5.97 Å². The summed E-state index contributed by atoms with van der Waals surface area (Å²) in [7, 11) is -3.70. The Morgan fingerprint density at radius 3 is 2.47 bits per heavy atom. The number of amides is 1. The minimum absolute atomic E-state index is 0.0577. The Bertz CT molecular complexity index is 1300. The Hall–Kier alpha value is -3.50.